The van der Waals surface area contributed by atoms with E-state index in [0.29, 0.717) is 12.2 Å². The molecule has 1 unspecified atom stereocenters. The molecular weight excluding hydrogens is 362 g/mol. The van der Waals surface area contributed by atoms with Gasteiger partial charge in [-0.3, -0.25) is 9.59 Å². The van der Waals surface area contributed by atoms with E-state index in [-0.39, 0.29) is 28.8 Å². The number of nitrogens with zero attached hydrogens (tertiary/aromatic N) is 2. The van der Waals surface area contributed by atoms with Gasteiger partial charge < -0.3 is 9.88 Å². The van der Waals surface area contributed by atoms with Crippen LogP contribution in [0.2, 0.25) is 0 Å². The standard InChI is InChI=1S/C24H29N3O2/c1-16(2)26-22(29)24-10-7-23(8-11-24,9-12-24)21(28)13-19-17-5-3-4-6-18(17)20-14-25-15-27(19)20/h3-6,14-16,19H,7-13H2,1-2H3,(H,26,29). The summed E-state index contributed by atoms with van der Waals surface area (Å²) in [5.74, 6) is 0.567. The van der Waals surface area contributed by atoms with Crippen molar-refractivity contribution < 1.29 is 9.59 Å². The zero-order valence-electron chi connectivity index (χ0n) is 17.3. The molecule has 2 bridgehead atoms. The molecule has 5 heteroatoms. The second kappa shape index (κ2) is 6.54. The molecule has 1 atom stereocenters. The van der Waals surface area contributed by atoms with Crippen molar-refractivity contribution in [3.05, 3.63) is 42.4 Å². The Bertz CT molecular complexity index is 949. The smallest absolute Gasteiger partial charge is 0.226 e. The first kappa shape index (κ1) is 18.6. The summed E-state index contributed by atoms with van der Waals surface area (Å²) in [5, 5.41) is 3.11. The van der Waals surface area contributed by atoms with Gasteiger partial charge in [-0.05, 0) is 57.9 Å². The lowest BCUT2D eigenvalue weighted by Crippen LogP contribution is -2.53. The van der Waals surface area contributed by atoms with Crippen molar-refractivity contribution in [1.82, 2.24) is 14.9 Å². The van der Waals surface area contributed by atoms with Gasteiger partial charge in [0.1, 0.15) is 5.78 Å². The molecule has 0 saturated heterocycles. The van der Waals surface area contributed by atoms with E-state index in [4.69, 9.17) is 0 Å². The summed E-state index contributed by atoms with van der Waals surface area (Å²) in [7, 11) is 0. The largest absolute Gasteiger partial charge is 0.353 e. The minimum absolute atomic E-state index is 0.0448. The van der Waals surface area contributed by atoms with Crippen molar-refractivity contribution in [1.29, 1.82) is 0 Å². The number of carbonyl (C=O) groups excluding carboxylic acids is 2. The molecule has 3 fully saturated rings. The Kier molecular flexibility index (Phi) is 4.19. The molecule has 6 rings (SSSR count). The first-order valence-corrected chi connectivity index (χ1v) is 10.9. The van der Waals surface area contributed by atoms with Crippen LogP contribution in [0.1, 0.15) is 70.4 Å². The summed E-state index contributed by atoms with van der Waals surface area (Å²) in [6.07, 6.45) is 9.34. The van der Waals surface area contributed by atoms with Crippen molar-refractivity contribution in [2.75, 3.05) is 0 Å². The molecule has 1 amide bonds. The summed E-state index contributed by atoms with van der Waals surface area (Å²) >= 11 is 0. The van der Waals surface area contributed by atoms with Gasteiger partial charge in [0.05, 0.1) is 24.3 Å². The third-order valence-electron chi connectivity index (χ3n) is 7.72. The normalized spacial score (nSPS) is 29.6. The Balaban J connectivity index is 1.34. The number of hydrogen-bond acceptors (Lipinski definition) is 3. The Hall–Kier alpha value is -2.43. The number of carbonyl (C=O) groups is 2. The van der Waals surface area contributed by atoms with Gasteiger partial charge in [0, 0.05) is 28.9 Å². The van der Waals surface area contributed by atoms with Crippen molar-refractivity contribution in [2.24, 2.45) is 10.8 Å². The zero-order chi connectivity index (χ0) is 20.2. The molecule has 4 aliphatic rings. The fourth-order valence-electron chi connectivity index (χ4n) is 5.89. The lowest BCUT2D eigenvalue weighted by atomic mass is 9.51. The number of rotatable bonds is 5. The van der Waals surface area contributed by atoms with Crippen molar-refractivity contribution in [3.63, 3.8) is 0 Å². The molecule has 29 heavy (non-hydrogen) atoms. The first-order chi connectivity index (χ1) is 13.9. The monoisotopic (exact) mass is 391 g/mol. The van der Waals surface area contributed by atoms with Crippen molar-refractivity contribution in [3.8, 4) is 11.3 Å². The maximum atomic E-state index is 13.6. The van der Waals surface area contributed by atoms with Crippen LogP contribution in [0.5, 0.6) is 0 Å². The van der Waals surface area contributed by atoms with Gasteiger partial charge in [0.15, 0.2) is 0 Å². The van der Waals surface area contributed by atoms with Crippen molar-refractivity contribution >= 4 is 11.7 Å². The summed E-state index contributed by atoms with van der Waals surface area (Å²) in [6, 6.07) is 8.57. The summed E-state index contributed by atoms with van der Waals surface area (Å²) in [5.41, 5.74) is 3.04. The molecule has 2 heterocycles. The fraction of sp³-hybridized carbons (Fsp3) is 0.542. The molecule has 0 radical (unpaired) electrons. The summed E-state index contributed by atoms with van der Waals surface area (Å²) < 4.78 is 2.16. The average molecular weight is 392 g/mol. The van der Waals surface area contributed by atoms with E-state index in [1.807, 2.05) is 32.4 Å². The highest BCUT2D eigenvalue weighted by atomic mass is 16.2. The van der Waals surface area contributed by atoms with Gasteiger partial charge in [-0.1, -0.05) is 24.3 Å². The second-order valence-corrected chi connectivity index (χ2v) is 9.61. The highest BCUT2D eigenvalue weighted by Crippen LogP contribution is 2.58. The van der Waals surface area contributed by atoms with Gasteiger partial charge in [-0.25, -0.2) is 4.98 Å². The van der Waals surface area contributed by atoms with Crippen LogP contribution in [0, 0.1) is 10.8 Å². The number of imidazole rings is 1. The van der Waals surface area contributed by atoms with Gasteiger partial charge in [0.25, 0.3) is 0 Å². The molecule has 5 nitrogen and oxygen atoms in total. The molecule has 152 valence electrons. The first-order valence-electron chi connectivity index (χ1n) is 10.9. The number of benzene rings is 1. The van der Waals surface area contributed by atoms with E-state index in [1.54, 1.807) is 0 Å². The predicted molar refractivity (Wildman–Crippen MR) is 111 cm³/mol. The van der Waals surface area contributed by atoms with Gasteiger partial charge in [-0.2, -0.15) is 0 Å². The Labute approximate surface area is 171 Å². The molecule has 1 aliphatic heterocycles. The predicted octanol–water partition coefficient (Wildman–Crippen LogP) is 4.28. The van der Waals surface area contributed by atoms with E-state index in [0.717, 1.165) is 44.2 Å². The van der Waals surface area contributed by atoms with E-state index >= 15 is 0 Å². The molecule has 1 aromatic carbocycles. The van der Waals surface area contributed by atoms with E-state index in [1.165, 1.54) is 11.1 Å². The Morgan fingerprint density at radius 3 is 2.45 bits per heavy atom. The molecule has 3 aliphatic carbocycles. The third kappa shape index (κ3) is 2.77. The zero-order valence-corrected chi connectivity index (χ0v) is 17.3. The number of hydrogen-bond donors (Lipinski definition) is 1. The maximum Gasteiger partial charge on any atom is 0.226 e. The van der Waals surface area contributed by atoms with Crippen LogP contribution in [0.25, 0.3) is 11.3 Å². The molecule has 1 N–H and O–H groups in total. The highest BCUT2D eigenvalue weighted by Gasteiger charge is 2.55. The number of fused-ring (bicyclic) bond motifs is 6. The molecule has 1 aromatic heterocycles. The number of ketones is 1. The number of nitrogens with one attached hydrogen (secondary N) is 1. The van der Waals surface area contributed by atoms with Crippen LogP contribution in [-0.4, -0.2) is 27.3 Å². The van der Waals surface area contributed by atoms with E-state index in [2.05, 4.69) is 33.1 Å². The van der Waals surface area contributed by atoms with Crippen LogP contribution in [0.3, 0.4) is 0 Å². The second-order valence-electron chi connectivity index (χ2n) is 9.61. The number of Topliss-reactive ketones (excluding diaryl/α,β-unsaturated/α-hetero) is 1. The summed E-state index contributed by atoms with van der Waals surface area (Å²) in [6.45, 7) is 4.02. The topological polar surface area (TPSA) is 64.0 Å². The van der Waals surface area contributed by atoms with Crippen LogP contribution in [0.4, 0.5) is 0 Å². The van der Waals surface area contributed by atoms with Crippen LogP contribution >= 0.6 is 0 Å². The molecular formula is C24H29N3O2. The molecule has 2 aromatic rings. The van der Waals surface area contributed by atoms with Crippen molar-refractivity contribution in [2.45, 2.75) is 70.9 Å². The van der Waals surface area contributed by atoms with E-state index < -0.39 is 0 Å². The molecule has 3 saturated carbocycles. The van der Waals surface area contributed by atoms with Crippen LogP contribution in [0.15, 0.2) is 36.8 Å². The third-order valence-corrected chi connectivity index (χ3v) is 7.72. The fourth-order valence-corrected chi connectivity index (χ4v) is 5.89. The average Bonchev–Trinajstić information content (AvgIpc) is 3.31. The van der Waals surface area contributed by atoms with Gasteiger partial charge in [-0.15, -0.1) is 0 Å². The Morgan fingerprint density at radius 2 is 1.76 bits per heavy atom. The maximum absolute atomic E-state index is 13.6. The quantitative estimate of drug-likeness (QED) is 0.827. The lowest BCUT2D eigenvalue weighted by Gasteiger charge is -2.52. The van der Waals surface area contributed by atoms with Crippen LogP contribution in [-0.2, 0) is 9.59 Å². The minimum Gasteiger partial charge on any atom is -0.353 e. The highest BCUT2D eigenvalue weighted by molar-refractivity contribution is 5.89. The van der Waals surface area contributed by atoms with Gasteiger partial charge >= 0.3 is 0 Å². The minimum atomic E-state index is -0.246. The summed E-state index contributed by atoms with van der Waals surface area (Å²) in [4.78, 5) is 30.7. The number of aromatic nitrogens is 2. The SMILES string of the molecule is CC(C)NC(=O)C12CCC(C(=O)CC3c4ccccc4-c4cncn43)(CC1)CC2. The molecule has 0 spiro atoms. The van der Waals surface area contributed by atoms with E-state index in [9.17, 15) is 9.59 Å². The lowest BCUT2D eigenvalue weighted by molar-refractivity contribution is -0.150. The van der Waals surface area contributed by atoms with Crippen LogP contribution < -0.4 is 5.32 Å². The van der Waals surface area contributed by atoms with Gasteiger partial charge in [0.2, 0.25) is 5.91 Å². The Morgan fingerprint density at radius 1 is 1.10 bits per heavy atom. The number of amides is 1.